The number of nitrogens with one attached hydrogen (secondary N) is 1. The first kappa shape index (κ1) is 19.3. The van der Waals surface area contributed by atoms with E-state index in [0.717, 1.165) is 5.56 Å². The van der Waals surface area contributed by atoms with Crippen LogP contribution in [0.15, 0.2) is 48.5 Å². The molecule has 0 aliphatic heterocycles. The Morgan fingerprint density at radius 2 is 1.76 bits per heavy atom. The number of carbonyl (C=O) groups excluding carboxylic acids is 1. The van der Waals surface area contributed by atoms with Crippen LogP contribution in [0.1, 0.15) is 45.2 Å². The Morgan fingerprint density at radius 1 is 1.12 bits per heavy atom. The van der Waals surface area contributed by atoms with E-state index < -0.39 is 6.10 Å². The highest BCUT2D eigenvalue weighted by Gasteiger charge is 2.19. The molecule has 2 aromatic rings. The lowest BCUT2D eigenvalue weighted by atomic mass is 9.87. The summed E-state index contributed by atoms with van der Waals surface area (Å²) in [7, 11) is 0. The van der Waals surface area contributed by atoms with Crippen LogP contribution < -0.4 is 10.1 Å². The number of hydrogen-bond donors (Lipinski definition) is 1. The SMILES string of the molecule is CCC(Oc1ccc(C(C)(C)C)cc1)C(=O)NCc1ccccc1Cl. The summed E-state index contributed by atoms with van der Waals surface area (Å²) >= 11 is 6.12. The molecule has 3 nitrogen and oxygen atoms in total. The van der Waals surface area contributed by atoms with E-state index in [9.17, 15) is 4.79 Å². The molecule has 1 atom stereocenters. The number of amides is 1. The summed E-state index contributed by atoms with van der Waals surface area (Å²) in [6.45, 7) is 8.82. The average Bonchev–Trinajstić information content (AvgIpc) is 2.58. The Balaban J connectivity index is 1.97. The first-order valence-corrected chi connectivity index (χ1v) is 8.97. The van der Waals surface area contributed by atoms with E-state index in [-0.39, 0.29) is 11.3 Å². The van der Waals surface area contributed by atoms with Crippen LogP contribution in [-0.4, -0.2) is 12.0 Å². The highest BCUT2D eigenvalue weighted by molar-refractivity contribution is 6.31. The van der Waals surface area contributed by atoms with E-state index in [1.54, 1.807) is 0 Å². The van der Waals surface area contributed by atoms with Crippen molar-refractivity contribution in [3.05, 3.63) is 64.7 Å². The van der Waals surface area contributed by atoms with Crippen LogP contribution in [0.3, 0.4) is 0 Å². The minimum absolute atomic E-state index is 0.0923. The Hall–Kier alpha value is -2.00. The van der Waals surface area contributed by atoms with Crippen molar-refractivity contribution in [3.8, 4) is 5.75 Å². The average molecular weight is 360 g/mol. The van der Waals surface area contributed by atoms with Crippen molar-refractivity contribution < 1.29 is 9.53 Å². The molecule has 2 rings (SSSR count). The van der Waals surface area contributed by atoms with Crippen LogP contribution in [-0.2, 0) is 16.8 Å². The fourth-order valence-electron chi connectivity index (χ4n) is 2.46. The molecule has 0 aromatic heterocycles. The number of halogens is 1. The topological polar surface area (TPSA) is 38.3 Å². The van der Waals surface area contributed by atoms with Gasteiger partial charge in [-0.15, -0.1) is 0 Å². The van der Waals surface area contributed by atoms with Crippen molar-refractivity contribution in [2.45, 2.75) is 52.2 Å². The lowest BCUT2D eigenvalue weighted by Crippen LogP contribution is -2.37. The monoisotopic (exact) mass is 359 g/mol. The quantitative estimate of drug-likeness (QED) is 0.778. The molecule has 1 amide bonds. The third kappa shape index (κ3) is 5.50. The fourth-order valence-corrected chi connectivity index (χ4v) is 2.66. The van der Waals surface area contributed by atoms with Crippen molar-refractivity contribution in [1.82, 2.24) is 5.32 Å². The molecule has 0 aliphatic carbocycles. The van der Waals surface area contributed by atoms with Gasteiger partial charge in [-0.2, -0.15) is 0 Å². The first-order chi connectivity index (χ1) is 11.8. The summed E-state index contributed by atoms with van der Waals surface area (Å²) in [5.74, 6) is 0.565. The number of carbonyl (C=O) groups is 1. The number of rotatable bonds is 6. The predicted molar refractivity (Wildman–Crippen MR) is 103 cm³/mol. The summed E-state index contributed by atoms with van der Waals surface area (Å²) in [5.41, 5.74) is 2.22. The van der Waals surface area contributed by atoms with Crippen LogP contribution in [0.4, 0.5) is 0 Å². The molecule has 25 heavy (non-hydrogen) atoms. The van der Waals surface area contributed by atoms with Crippen LogP contribution >= 0.6 is 11.6 Å². The number of hydrogen-bond acceptors (Lipinski definition) is 2. The van der Waals surface area contributed by atoms with Gasteiger partial charge >= 0.3 is 0 Å². The Kier molecular flexibility index (Phi) is 6.49. The second-order valence-corrected chi connectivity index (χ2v) is 7.51. The van der Waals surface area contributed by atoms with Gasteiger partial charge in [0.25, 0.3) is 5.91 Å². The molecule has 0 fully saturated rings. The molecule has 0 spiro atoms. The van der Waals surface area contributed by atoms with E-state index in [4.69, 9.17) is 16.3 Å². The van der Waals surface area contributed by atoms with E-state index in [2.05, 4.69) is 26.1 Å². The van der Waals surface area contributed by atoms with Gasteiger partial charge in [0.1, 0.15) is 5.75 Å². The molecular formula is C21H26ClNO2. The van der Waals surface area contributed by atoms with E-state index in [0.29, 0.717) is 23.7 Å². The van der Waals surface area contributed by atoms with Gasteiger partial charge in [0, 0.05) is 11.6 Å². The maximum atomic E-state index is 12.4. The normalized spacial score (nSPS) is 12.5. The lowest BCUT2D eigenvalue weighted by Gasteiger charge is -2.21. The molecule has 1 N–H and O–H groups in total. The minimum Gasteiger partial charge on any atom is -0.481 e. The van der Waals surface area contributed by atoms with Crippen molar-refractivity contribution >= 4 is 17.5 Å². The third-order valence-electron chi connectivity index (χ3n) is 4.07. The van der Waals surface area contributed by atoms with Crippen LogP contribution in [0, 0.1) is 0 Å². The Morgan fingerprint density at radius 3 is 2.32 bits per heavy atom. The smallest absolute Gasteiger partial charge is 0.261 e. The van der Waals surface area contributed by atoms with Gasteiger partial charge in [-0.25, -0.2) is 0 Å². The number of benzene rings is 2. The molecule has 4 heteroatoms. The second-order valence-electron chi connectivity index (χ2n) is 7.10. The lowest BCUT2D eigenvalue weighted by molar-refractivity contribution is -0.128. The van der Waals surface area contributed by atoms with Crippen LogP contribution in [0.25, 0.3) is 0 Å². The first-order valence-electron chi connectivity index (χ1n) is 8.59. The highest BCUT2D eigenvalue weighted by Crippen LogP contribution is 2.25. The zero-order valence-electron chi connectivity index (χ0n) is 15.3. The standard InChI is InChI=1S/C21H26ClNO2/c1-5-19(20(24)23-14-15-8-6-7-9-18(15)22)25-17-12-10-16(11-13-17)21(2,3)4/h6-13,19H,5,14H2,1-4H3,(H,23,24). The molecule has 1 unspecified atom stereocenters. The van der Waals surface area contributed by atoms with Crippen molar-refractivity contribution in [3.63, 3.8) is 0 Å². The molecule has 0 bridgehead atoms. The molecule has 0 aliphatic rings. The summed E-state index contributed by atoms with van der Waals surface area (Å²) < 4.78 is 5.87. The Labute approximate surface area is 155 Å². The van der Waals surface area contributed by atoms with Crippen LogP contribution in [0.5, 0.6) is 5.75 Å². The fraction of sp³-hybridized carbons (Fsp3) is 0.381. The van der Waals surface area contributed by atoms with Gasteiger partial charge in [-0.05, 0) is 41.2 Å². The highest BCUT2D eigenvalue weighted by atomic mass is 35.5. The zero-order valence-corrected chi connectivity index (χ0v) is 16.1. The molecule has 0 saturated carbocycles. The second kappa shape index (κ2) is 8.39. The van der Waals surface area contributed by atoms with Crippen molar-refractivity contribution in [2.24, 2.45) is 0 Å². The molecule has 0 radical (unpaired) electrons. The van der Waals surface area contributed by atoms with Crippen molar-refractivity contribution in [2.75, 3.05) is 0 Å². The van der Waals surface area contributed by atoms with Crippen molar-refractivity contribution in [1.29, 1.82) is 0 Å². The maximum absolute atomic E-state index is 12.4. The van der Waals surface area contributed by atoms with Gasteiger partial charge in [-0.1, -0.05) is 69.6 Å². The largest absolute Gasteiger partial charge is 0.481 e. The summed E-state index contributed by atoms with van der Waals surface area (Å²) in [5, 5.41) is 3.55. The van der Waals surface area contributed by atoms with Crippen LogP contribution in [0.2, 0.25) is 5.02 Å². The zero-order chi connectivity index (χ0) is 18.4. The number of ether oxygens (including phenoxy) is 1. The molecule has 2 aromatic carbocycles. The molecule has 134 valence electrons. The van der Waals surface area contributed by atoms with Gasteiger partial charge in [-0.3, -0.25) is 4.79 Å². The summed E-state index contributed by atoms with van der Waals surface area (Å²) in [6, 6.07) is 15.4. The maximum Gasteiger partial charge on any atom is 0.261 e. The minimum atomic E-state index is -0.525. The molecule has 0 heterocycles. The summed E-state index contributed by atoms with van der Waals surface area (Å²) in [4.78, 5) is 12.4. The van der Waals surface area contributed by atoms with E-state index in [1.165, 1.54) is 5.56 Å². The van der Waals surface area contributed by atoms with Gasteiger partial charge in [0.2, 0.25) is 0 Å². The van der Waals surface area contributed by atoms with Gasteiger partial charge in [0.05, 0.1) is 0 Å². The molecule has 0 saturated heterocycles. The van der Waals surface area contributed by atoms with E-state index >= 15 is 0 Å². The van der Waals surface area contributed by atoms with Gasteiger partial charge in [0.15, 0.2) is 6.10 Å². The van der Waals surface area contributed by atoms with E-state index in [1.807, 2.05) is 55.5 Å². The van der Waals surface area contributed by atoms with Gasteiger partial charge < -0.3 is 10.1 Å². The molecular weight excluding hydrogens is 334 g/mol. The predicted octanol–water partition coefficient (Wildman–Crippen LogP) is 5.11. The third-order valence-corrected chi connectivity index (χ3v) is 4.44. The Bertz CT molecular complexity index is 705. The summed E-state index contributed by atoms with van der Waals surface area (Å²) in [6.07, 6.45) is 0.0676.